The first-order valence-corrected chi connectivity index (χ1v) is 8.64. The van der Waals surface area contributed by atoms with E-state index in [0.29, 0.717) is 32.5 Å². The fraction of sp³-hybridized carbons (Fsp3) is 0.529. The lowest BCUT2D eigenvalue weighted by molar-refractivity contribution is -0.121. The van der Waals surface area contributed by atoms with Gasteiger partial charge in [0.15, 0.2) is 0 Å². The third kappa shape index (κ3) is 6.06. The molecule has 0 aromatic heterocycles. The maximum atomic E-state index is 12.1. The van der Waals surface area contributed by atoms with Gasteiger partial charge in [-0.3, -0.25) is 4.79 Å². The summed E-state index contributed by atoms with van der Waals surface area (Å²) in [4.78, 5) is 24.9. The Morgan fingerprint density at radius 1 is 1.40 bits per heavy atom. The fourth-order valence-electron chi connectivity index (χ4n) is 2.80. The van der Waals surface area contributed by atoms with E-state index in [2.05, 4.69) is 12.2 Å². The van der Waals surface area contributed by atoms with Gasteiger partial charge in [-0.05, 0) is 30.4 Å². The van der Waals surface area contributed by atoms with Crippen molar-refractivity contribution in [2.45, 2.75) is 38.5 Å². The third-order valence-corrected chi connectivity index (χ3v) is 4.24. The van der Waals surface area contributed by atoms with Crippen LogP contribution in [-0.4, -0.2) is 59.7 Å². The maximum absolute atomic E-state index is 12.1. The van der Waals surface area contributed by atoms with Gasteiger partial charge in [-0.25, -0.2) is 4.79 Å². The number of aryl methyl sites for hydroxylation is 1. The summed E-state index contributed by atoms with van der Waals surface area (Å²) in [6, 6.07) is 7.84. The number of hydrogen-bond acceptors (Lipinski definition) is 5. The molecule has 2 amide bonds. The van der Waals surface area contributed by atoms with Gasteiger partial charge < -0.3 is 25.0 Å². The van der Waals surface area contributed by atoms with Gasteiger partial charge in [0.2, 0.25) is 5.91 Å². The van der Waals surface area contributed by atoms with Gasteiger partial charge in [-0.1, -0.05) is 31.2 Å². The number of nitrogens with one attached hydrogen (secondary N) is 1. The molecule has 1 heterocycles. The Labute approximate surface area is 148 Å². The van der Waals surface area contributed by atoms with Gasteiger partial charge >= 0.3 is 13.2 Å². The molecule has 1 fully saturated rings. The Morgan fingerprint density at radius 2 is 2.16 bits per heavy atom. The summed E-state index contributed by atoms with van der Waals surface area (Å²) in [6.45, 7) is 3.44. The van der Waals surface area contributed by atoms with E-state index in [0.717, 1.165) is 17.5 Å². The van der Waals surface area contributed by atoms with Crippen LogP contribution in [0.3, 0.4) is 0 Å². The van der Waals surface area contributed by atoms with Crippen molar-refractivity contribution >= 4 is 19.1 Å². The predicted molar refractivity (Wildman–Crippen MR) is 93.8 cm³/mol. The zero-order valence-corrected chi connectivity index (χ0v) is 14.5. The monoisotopic (exact) mass is 348 g/mol. The van der Waals surface area contributed by atoms with E-state index in [9.17, 15) is 19.6 Å². The van der Waals surface area contributed by atoms with Crippen LogP contribution < -0.4 is 5.32 Å². The summed E-state index contributed by atoms with van der Waals surface area (Å²) in [5.41, 5.74) is 2.10. The van der Waals surface area contributed by atoms with Gasteiger partial charge in [-0.2, -0.15) is 0 Å². The molecule has 0 aliphatic carbocycles. The molecule has 1 saturated heterocycles. The highest BCUT2D eigenvalue weighted by atomic mass is 16.6. The predicted octanol–water partition coefficient (Wildman–Crippen LogP) is 0.521. The average molecular weight is 348 g/mol. The van der Waals surface area contributed by atoms with Crippen molar-refractivity contribution in [1.82, 2.24) is 10.2 Å². The fourth-order valence-corrected chi connectivity index (χ4v) is 2.80. The Morgan fingerprint density at radius 3 is 2.80 bits per heavy atom. The lowest BCUT2D eigenvalue weighted by atomic mass is 9.75. The molecule has 1 aliphatic heterocycles. The topological polar surface area (TPSA) is 99.1 Å². The van der Waals surface area contributed by atoms with Crippen molar-refractivity contribution in [3.8, 4) is 0 Å². The second-order valence-electron chi connectivity index (χ2n) is 6.17. The van der Waals surface area contributed by atoms with Crippen molar-refractivity contribution in [1.29, 1.82) is 0 Å². The van der Waals surface area contributed by atoms with E-state index >= 15 is 0 Å². The van der Waals surface area contributed by atoms with Crippen LogP contribution >= 0.6 is 0 Å². The van der Waals surface area contributed by atoms with Gasteiger partial charge in [-0.15, -0.1) is 0 Å². The number of cyclic esters (lactones) is 1. The standard InChI is InChI=1S/C17H25BN2O5/c1-2-13-5-3-6-14(11-13)12-15(18(23)24)19-16(21)7-4-8-20-9-10-25-17(20)22/h3,5-6,11,15,23-24H,2,4,7-10,12H2,1H3,(H,19,21)/t15-/m0/s1. The average Bonchev–Trinajstić information content (AvgIpc) is 2.99. The van der Waals surface area contributed by atoms with E-state index in [4.69, 9.17) is 4.74 Å². The summed E-state index contributed by atoms with van der Waals surface area (Å²) in [5.74, 6) is -1.03. The summed E-state index contributed by atoms with van der Waals surface area (Å²) in [6.07, 6.45) is 1.60. The summed E-state index contributed by atoms with van der Waals surface area (Å²) < 4.78 is 4.82. The Balaban J connectivity index is 1.81. The lowest BCUT2D eigenvalue weighted by Crippen LogP contribution is -2.48. The smallest absolute Gasteiger partial charge is 0.448 e. The highest BCUT2D eigenvalue weighted by Gasteiger charge is 2.26. The van der Waals surface area contributed by atoms with Crippen LogP contribution in [0.5, 0.6) is 0 Å². The Hall–Kier alpha value is -2.06. The van der Waals surface area contributed by atoms with E-state index < -0.39 is 13.1 Å². The van der Waals surface area contributed by atoms with Crippen LogP contribution in [0.25, 0.3) is 0 Å². The Kier molecular flexibility index (Phi) is 7.27. The maximum Gasteiger partial charge on any atom is 0.475 e. The van der Waals surface area contributed by atoms with Crippen LogP contribution in [0.15, 0.2) is 24.3 Å². The van der Waals surface area contributed by atoms with Crippen molar-refractivity contribution in [2.75, 3.05) is 19.7 Å². The van der Waals surface area contributed by atoms with Crippen LogP contribution in [0.1, 0.15) is 30.9 Å². The number of rotatable bonds is 9. The second-order valence-corrected chi connectivity index (χ2v) is 6.17. The van der Waals surface area contributed by atoms with Crippen molar-refractivity contribution in [3.63, 3.8) is 0 Å². The molecule has 1 aromatic rings. The number of carbonyl (C=O) groups excluding carboxylic acids is 2. The number of carbonyl (C=O) groups is 2. The van der Waals surface area contributed by atoms with Gasteiger partial charge in [0, 0.05) is 13.0 Å². The lowest BCUT2D eigenvalue weighted by Gasteiger charge is -2.19. The van der Waals surface area contributed by atoms with Gasteiger partial charge in [0.25, 0.3) is 0 Å². The molecular weight excluding hydrogens is 323 g/mol. The summed E-state index contributed by atoms with van der Waals surface area (Å²) in [5, 5.41) is 21.8. The van der Waals surface area contributed by atoms with Crippen LogP contribution in [0.2, 0.25) is 0 Å². The first kappa shape index (κ1) is 19.3. The minimum absolute atomic E-state index is 0.210. The highest BCUT2D eigenvalue weighted by Crippen LogP contribution is 2.10. The SMILES string of the molecule is CCc1cccc(C[C@H](NC(=O)CCCN2CCOC2=O)B(O)O)c1. The van der Waals surface area contributed by atoms with E-state index in [1.807, 2.05) is 24.3 Å². The molecule has 1 atom stereocenters. The van der Waals surface area contributed by atoms with Gasteiger partial charge in [0.05, 0.1) is 12.5 Å². The molecule has 0 radical (unpaired) electrons. The quantitative estimate of drug-likeness (QED) is 0.565. The Bertz CT molecular complexity index is 596. The van der Waals surface area contributed by atoms with Crippen LogP contribution in [0, 0.1) is 0 Å². The third-order valence-electron chi connectivity index (χ3n) is 4.24. The van der Waals surface area contributed by atoms with Crippen molar-refractivity contribution in [3.05, 3.63) is 35.4 Å². The molecule has 7 nitrogen and oxygen atoms in total. The zero-order chi connectivity index (χ0) is 18.2. The summed E-state index contributed by atoms with van der Waals surface area (Å²) >= 11 is 0. The minimum Gasteiger partial charge on any atom is -0.448 e. The largest absolute Gasteiger partial charge is 0.475 e. The van der Waals surface area contributed by atoms with Crippen LogP contribution in [0.4, 0.5) is 4.79 Å². The summed E-state index contributed by atoms with van der Waals surface area (Å²) in [7, 11) is -1.64. The van der Waals surface area contributed by atoms with E-state index in [1.54, 1.807) is 4.90 Å². The molecule has 0 unspecified atom stereocenters. The number of amides is 2. The molecule has 2 rings (SSSR count). The number of benzene rings is 1. The first-order chi connectivity index (χ1) is 12.0. The minimum atomic E-state index is -1.64. The second kappa shape index (κ2) is 9.43. The first-order valence-electron chi connectivity index (χ1n) is 8.64. The zero-order valence-electron chi connectivity index (χ0n) is 14.5. The molecule has 0 bridgehead atoms. The molecule has 1 aliphatic rings. The molecular formula is C17H25BN2O5. The van der Waals surface area contributed by atoms with Crippen molar-refractivity contribution in [2.24, 2.45) is 0 Å². The van der Waals surface area contributed by atoms with Gasteiger partial charge in [0.1, 0.15) is 6.61 Å². The van der Waals surface area contributed by atoms with E-state index in [1.165, 1.54) is 0 Å². The van der Waals surface area contributed by atoms with Crippen LogP contribution in [-0.2, 0) is 22.4 Å². The molecule has 25 heavy (non-hydrogen) atoms. The molecule has 3 N–H and O–H groups in total. The normalized spacial score (nSPS) is 15.0. The van der Waals surface area contributed by atoms with E-state index in [-0.39, 0.29) is 18.4 Å². The molecule has 8 heteroatoms. The molecule has 0 saturated carbocycles. The van der Waals surface area contributed by atoms with Crippen molar-refractivity contribution < 1.29 is 24.4 Å². The molecule has 1 aromatic carbocycles. The number of hydrogen-bond donors (Lipinski definition) is 3. The number of ether oxygens (including phenoxy) is 1. The highest BCUT2D eigenvalue weighted by molar-refractivity contribution is 6.43. The molecule has 136 valence electrons. The molecule has 0 spiro atoms. The number of nitrogens with zero attached hydrogens (tertiary/aromatic N) is 1.